The summed E-state index contributed by atoms with van der Waals surface area (Å²) in [6.07, 6.45) is 4.64. The highest BCUT2D eigenvalue weighted by Gasteiger charge is 2.05. The van der Waals surface area contributed by atoms with Crippen molar-refractivity contribution in [3.05, 3.63) is 12.2 Å². The molecule has 3 heteroatoms. The second-order valence-corrected chi connectivity index (χ2v) is 3.45. The van der Waals surface area contributed by atoms with Crippen LogP contribution in [0.5, 0.6) is 0 Å². The first-order valence-electron chi connectivity index (χ1n) is 4.59. The second kappa shape index (κ2) is 6.66. The Kier molecular flexibility index (Phi) is 6.24. The zero-order valence-corrected chi connectivity index (χ0v) is 8.23. The van der Waals surface area contributed by atoms with Crippen molar-refractivity contribution in [2.24, 2.45) is 5.92 Å². The van der Waals surface area contributed by atoms with Gasteiger partial charge in [-0.05, 0) is 18.8 Å². The average molecular weight is 186 g/mol. The largest absolute Gasteiger partial charge is 0.481 e. The Morgan fingerprint density at radius 3 is 2.46 bits per heavy atom. The average Bonchev–Trinajstić information content (AvgIpc) is 2.02. The third-order valence-corrected chi connectivity index (χ3v) is 1.84. The summed E-state index contributed by atoms with van der Waals surface area (Å²) in [7, 11) is 0. The molecule has 1 atom stereocenters. The molecule has 0 saturated heterocycles. The summed E-state index contributed by atoms with van der Waals surface area (Å²) in [4.78, 5) is 10.1. The molecule has 0 radical (unpaired) electrons. The van der Waals surface area contributed by atoms with Gasteiger partial charge in [-0.3, -0.25) is 4.79 Å². The molecule has 1 unspecified atom stereocenters. The van der Waals surface area contributed by atoms with Crippen molar-refractivity contribution in [2.45, 2.75) is 39.2 Å². The summed E-state index contributed by atoms with van der Waals surface area (Å²) in [5.74, 6) is -0.529. The number of allylic oxidation sites excluding steroid dienone is 1. The fraction of sp³-hybridized carbons (Fsp3) is 0.700. The minimum absolute atomic E-state index is 0.161. The number of aliphatic hydroxyl groups excluding tert-OH is 1. The van der Waals surface area contributed by atoms with Crippen LogP contribution in [0.4, 0.5) is 0 Å². The summed E-state index contributed by atoms with van der Waals surface area (Å²) >= 11 is 0. The maximum atomic E-state index is 10.1. The highest BCUT2D eigenvalue weighted by atomic mass is 16.4. The van der Waals surface area contributed by atoms with Gasteiger partial charge >= 0.3 is 5.97 Å². The van der Waals surface area contributed by atoms with Gasteiger partial charge in [0.15, 0.2) is 0 Å². The molecule has 2 N–H and O–H groups in total. The van der Waals surface area contributed by atoms with Crippen LogP contribution in [-0.4, -0.2) is 22.3 Å². The molecule has 0 aliphatic carbocycles. The van der Waals surface area contributed by atoms with Crippen LogP contribution in [0.3, 0.4) is 0 Å². The van der Waals surface area contributed by atoms with Crippen LogP contribution in [0.25, 0.3) is 0 Å². The van der Waals surface area contributed by atoms with Gasteiger partial charge in [0.1, 0.15) is 0 Å². The second-order valence-electron chi connectivity index (χ2n) is 3.45. The van der Waals surface area contributed by atoms with Crippen LogP contribution < -0.4 is 0 Å². The van der Waals surface area contributed by atoms with E-state index in [0.717, 1.165) is 0 Å². The molecule has 76 valence electrons. The number of carboxylic acids is 1. The first-order valence-corrected chi connectivity index (χ1v) is 4.59. The molecule has 0 aromatic carbocycles. The van der Waals surface area contributed by atoms with Crippen molar-refractivity contribution in [3.8, 4) is 0 Å². The fourth-order valence-corrected chi connectivity index (χ4v) is 0.832. The number of carbonyl (C=O) groups is 1. The zero-order chi connectivity index (χ0) is 10.3. The van der Waals surface area contributed by atoms with E-state index in [1.165, 1.54) is 0 Å². The number of rotatable bonds is 6. The molecule has 0 aromatic rings. The molecule has 0 rings (SSSR count). The minimum Gasteiger partial charge on any atom is -0.481 e. The number of aliphatic hydroxyl groups is 1. The van der Waals surface area contributed by atoms with Crippen molar-refractivity contribution in [3.63, 3.8) is 0 Å². The van der Waals surface area contributed by atoms with Crippen LogP contribution in [0.1, 0.15) is 33.1 Å². The third-order valence-electron chi connectivity index (χ3n) is 1.84. The summed E-state index contributed by atoms with van der Waals surface area (Å²) in [5, 5.41) is 17.7. The Bertz CT molecular complexity index is 173. The summed E-state index contributed by atoms with van der Waals surface area (Å²) in [6.45, 7) is 3.91. The van der Waals surface area contributed by atoms with Crippen LogP contribution in [0, 0.1) is 5.92 Å². The lowest BCUT2D eigenvalue weighted by Crippen LogP contribution is -2.12. The van der Waals surface area contributed by atoms with E-state index in [4.69, 9.17) is 5.11 Å². The predicted octanol–water partition coefficient (Wildman–Crippen LogP) is 1.81. The maximum absolute atomic E-state index is 10.1. The van der Waals surface area contributed by atoms with Gasteiger partial charge in [0, 0.05) is 6.42 Å². The SMILES string of the molecule is CC(C)C(O)C/C=C/CCC(=O)O. The molecule has 3 nitrogen and oxygen atoms in total. The topological polar surface area (TPSA) is 57.5 Å². The Morgan fingerprint density at radius 2 is 2.00 bits per heavy atom. The molecular formula is C10H18O3. The van der Waals surface area contributed by atoms with Gasteiger partial charge in [0.25, 0.3) is 0 Å². The molecular weight excluding hydrogens is 168 g/mol. The maximum Gasteiger partial charge on any atom is 0.303 e. The highest BCUT2D eigenvalue weighted by molar-refractivity contribution is 5.66. The van der Waals surface area contributed by atoms with Crippen LogP contribution in [0.2, 0.25) is 0 Å². The number of hydrogen-bond acceptors (Lipinski definition) is 2. The van der Waals surface area contributed by atoms with E-state index < -0.39 is 5.97 Å². The van der Waals surface area contributed by atoms with Gasteiger partial charge < -0.3 is 10.2 Å². The smallest absolute Gasteiger partial charge is 0.303 e. The lowest BCUT2D eigenvalue weighted by atomic mass is 10.0. The first kappa shape index (κ1) is 12.2. The van der Waals surface area contributed by atoms with E-state index >= 15 is 0 Å². The standard InChI is InChI=1S/C10H18O3/c1-8(2)9(11)6-4-3-5-7-10(12)13/h3-4,8-9,11H,5-7H2,1-2H3,(H,12,13)/b4-3+. The molecule has 13 heavy (non-hydrogen) atoms. The van der Waals surface area contributed by atoms with Crippen molar-refractivity contribution in [2.75, 3.05) is 0 Å². The lowest BCUT2D eigenvalue weighted by molar-refractivity contribution is -0.136. The molecule has 0 fully saturated rings. The molecule has 0 aliphatic heterocycles. The molecule has 0 saturated carbocycles. The van der Waals surface area contributed by atoms with Crippen molar-refractivity contribution in [1.82, 2.24) is 0 Å². The van der Waals surface area contributed by atoms with Gasteiger partial charge in [-0.2, -0.15) is 0 Å². The summed E-state index contributed by atoms with van der Waals surface area (Å²) < 4.78 is 0. The Labute approximate surface area is 79.1 Å². The Balaban J connectivity index is 3.46. The quantitative estimate of drug-likeness (QED) is 0.622. The number of aliphatic carboxylic acids is 1. The molecule has 0 heterocycles. The van der Waals surface area contributed by atoms with Crippen molar-refractivity contribution >= 4 is 5.97 Å². The molecule has 0 spiro atoms. The van der Waals surface area contributed by atoms with Crippen molar-refractivity contribution in [1.29, 1.82) is 0 Å². The predicted molar refractivity (Wildman–Crippen MR) is 51.5 cm³/mol. The van der Waals surface area contributed by atoms with Gasteiger partial charge in [-0.1, -0.05) is 26.0 Å². The van der Waals surface area contributed by atoms with Gasteiger partial charge in [-0.25, -0.2) is 0 Å². The first-order chi connectivity index (χ1) is 6.04. The molecule has 0 aliphatic rings. The van der Waals surface area contributed by atoms with Gasteiger partial charge in [-0.15, -0.1) is 0 Å². The third kappa shape index (κ3) is 7.53. The van der Waals surface area contributed by atoms with E-state index in [0.29, 0.717) is 12.8 Å². The molecule has 0 aromatic heterocycles. The number of carboxylic acid groups (broad SMARTS) is 1. The van der Waals surface area contributed by atoms with E-state index in [9.17, 15) is 9.90 Å². The summed E-state index contributed by atoms with van der Waals surface area (Å²) in [6, 6.07) is 0. The summed E-state index contributed by atoms with van der Waals surface area (Å²) in [5.41, 5.74) is 0. The van der Waals surface area contributed by atoms with E-state index in [2.05, 4.69) is 0 Å². The normalized spacial score (nSPS) is 13.8. The monoisotopic (exact) mass is 186 g/mol. The zero-order valence-electron chi connectivity index (χ0n) is 8.23. The van der Waals surface area contributed by atoms with Crippen LogP contribution in [-0.2, 0) is 4.79 Å². The number of hydrogen-bond donors (Lipinski definition) is 2. The van der Waals surface area contributed by atoms with Gasteiger partial charge in [0.05, 0.1) is 6.10 Å². The van der Waals surface area contributed by atoms with E-state index in [1.54, 1.807) is 6.08 Å². The van der Waals surface area contributed by atoms with Gasteiger partial charge in [0.2, 0.25) is 0 Å². The van der Waals surface area contributed by atoms with Crippen molar-refractivity contribution < 1.29 is 15.0 Å². The minimum atomic E-state index is -0.783. The Morgan fingerprint density at radius 1 is 1.38 bits per heavy atom. The lowest BCUT2D eigenvalue weighted by Gasteiger charge is -2.10. The fourth-order valence-electron chi connectivity index (χ4n) is 0.832. The van der Waals surface area contributed by atoms with E-state index in [1.807, 2.05) is 19.9 Å². The highest BCUT2D eigenvalue weighted by Crippen LogP contribution is 2.06. The Hall–Kier alpha value is -0.830. The van der Waals surface area contributed by atoms with Crippen LogP contribution >= 0.6 is 0 Å². The van der Waals surface area contributed by atoms with E-state index in [-0.39, 0.29) is 18.4 Å². The molecule has 0 amide bonds. The molecule has 0 bridgehead atoms. The van der Waals surface area contributed by atoms with Crippen LogP contribution in [0.15, 0.2) is 12.2 Å².